The van der Waals surface area contributed by atoms with Crippen LogP contribution in [0, 0.1) is 20.8 Å². The van der Waals surface area contributed by atoms with Crippen molar-refractivity contribution in [2.45, 2.75) is 20.8 Å². The number of nitrogen functional groups attached to an aromatic ring is 1. The molecule has 3 rings (SSSR count). The number of nitrogens with zero attached hydrogens (tertiary/aromatic N) is 1. The molecule has 0 saturated heterocycles. The number of fused-ring (bicyclic) bond motifs is 1. The quantitative estimate of drug-likeness (QED) is 0.749. The van der Waals surface area contributed by atoms with Gasteiger partial charge >= 0.3 is 0 Å². The van der Waals surface area contributed by atoms with Gasteiger partial charge in [-0.2, -0.15) is 0 Å². The molecule has 0 spiro atoms. The Balaban J connectivity index is 2.02. The van der Waals surface area contributed by atoms with Gasteiger partial charge in [0.05, 0.1) is 5.52 Å². The third kappa shape index (κ3) is 2.55. The van der Waals surface area contributed by atoms with Crippen molar-refractivity contribution >= 4 is 16.6 Å². The second-order valence-corrected chi connectivity index (χ2v) is 5.33. The standard InChI is InChI=1S/C18H18N2O/c1-11-4-6-14(7-5-11)21-15-8-9-17-16(10-15)18(19)12(2)13(3)20-17/h4-10H,1-3H3,(H2,19,20). The molecule has 1 heterocycles. The summed E-state index contributed by atoms with van der Waals surface area (Å²) >= 11 is 0. The van der Waals surface area contributed by atoms with E-state index in [4.69, 9.17) is 10.5 Å². The van der Waals surface area contributed by atoms with E-state index >= 15 is 0 Å². The summed E-state index contributed by atoms with van der Waals surface area (Å²) in [6, 6.07) is 13.8. The molecule has 3 aromatic rings. The van der Waals surface area contributed by atoms with E-state index in [1.165, 1.54) is 5.56 Å². The van der Waals surface area contributed by atoms with Crippen LogP contribution in [0.1, 0.15) is 16.8 Å². The number of pyridine rings is 1. The molecule has 3 nitrogen and oxygen atoms in total. The lowest BCUT2D eigenvalue weighted by Crippen LogP contribution is -1.97. The summed E-state index contributed by atoms with van der Waals surface area (Å²) in [5, 5.41) is 0.933. The molecule has 0 fully saturated rings. The molecule has 0 amide bonds. The highest BCUT2D eigenvalue weighted by atomic mass is 16.5. The second-order valence-electron chi connectivity index (χ2n) is 5.33. The summed E-state index contributed by atoms with van der Waals surface area (Å²) in [7, 11) is 0. The van der Waals surface area contributed by atoms with Crippen LogP contribution < -0.4 is 10.5 Å². The van der Waals surface area contributed by atoms with E-state index in [-0.39, 0.29) is 0 Å². The average molecular weight is 278 g/mol. The summed E-state index contributed by atoms with van der Waals surface area (Å²) in [5.74, 6) is 1.58. The van der Waals surface area contributed by atoms with Crippen molar-refractivity contribution in [1.29, 1.82) is 0 Å². The molecule has 2 N–H and O–H groups in total. The van der Waals surface area contributed by atoms with Crippen LogP contribution in [0.15, 0.2) is 42.5 Å². The highest BCUT2D eigenvalue weighted by Gasteiger charge is 2.08. The number of nitrogens with two attached hydrogens (primary N) is 1. The van der Waals surface area contributed by atoms with Crippen molar-refractivity contribution in [1.82, 2.24) is 4.98 Å². The molecule has 0 bridgehead atoms. The predicted octanol–water partition coefficient (Wildman–Crippen LogP) is 4.53. The maximum atomic E-state index is 6.21. The number of rotatable bonds is 2. The maximum absolute atomic E-state index is 6.21. The van der Waals surface area contributed by atoms with Gasteiger partial charge in [-0.1, -0.05) is 17.7 Å². The van der Waals surface area contributed by atoms with Crippen molar-refractivity contribution in [3.63, 3.8) is 0 Å². The van der Waals surface area contributed by atoms with E-state index in [0.717, 1.165) is 39.3 Å². The molecule has 0 unspecified atom stereocenters. The lowest BCUT2D eigenvalue weighted by Gasteiger charge is -2.11. The fraction of sp³-hybridized carbons (Fsp3) is 0.167. The zero-order valence-electron chi connectivity index (χ0n) is 12.5. The minimum atomic E-state index is 0.767. The molecule has 0 aliphatic carbocycles. The van der Waals surface area contributed by atoms with E-state index < -0.39 is 0 Å². The molecule has 21 heavy (non-hydrogen) atoms. The van der Waals surface area contributed by atoms with Crippen molar-refractivity contribution in [2.75, 3.05) is 5.73 Å². The first-order chi connectivity index (χ1) is 10.0. The Morgan fingerprint density at radius 1 is 0.905 bits per heavy atom. The van der Waals surface area contributed by atoms with Crippen molar-refractivity contribution in [2.24, 2.45) is 0 Å². The maximum Gasteiger partial charge on any atom is 0.128 e. The third-order valence-corrected chi connectivity index (χ3v) is 3.75. The van der Waals surface area contributed by atoms with Crippen LogP contribution in [0.5, 0.6) is 11.5 Å². The van der Waals surface area contributed by atoms with Crippen LogP contribution in [-0.4, -0.2) is 4.98 Å². The molecule has 3 heteroatoms. The molecule has 106 valence electrons. The van der Waals surface area contributed by atoms with Gasteiger partial charge in [-0.3, -0.25) is 4.98 Å². The molecule has 2 aromatic carbocycles. The summed E-state index contributed by atoms with van der Waals surface area (Å²) in [6.45, 7) is 6.02. The zero-order chi connectivity index (χ0) is 15.0. The highest BCUT2D eigenvalue weighted by molar-refractivity contribution is 5.93. The fourth-order valence-corrected chi connectivity index (χ4v) is 2.30. The zero-order valence-corrected chi connectivity index (χ0v) is 12.5. The number of hydrogen-bond acceptors (Lipinski definition) is 3. The molecule has 0 aliphatic rings. The van der Waals surface area contributed by atoms with E-state index in [1.54, 1.807) is 0 Å². The Morgan fingerprint density at radius 2 is 1.57 bits per heavy atom. The van der Waals surface area contributed by atoms with Crippen LogP contribution in [-0.2, 0) is 0 Å². The summed E-state index contributed by atoms with van der Waals surface area (Å²) in [4.78, 5) is 4.56. The summed E-state index contributed by atoms with van der Waals surface area (Å²) in [6.07, 6.45) is 0. The Bertz CT molecular complexity index is 808. The van der Waals surface area contributed by atoms with Crippen LogP contribution >= 0.6 is 0 Å². The number of hydrogen-bond donors (Lipinski definition) is 1. The minimum absolute atomic E-state index is 0.767. The van der Waals surface area contributed by atoms with Gasteiger partial charge < -0.3 is 10.5 Å². The third-order valence-electron chi connectivity index (χ3n) is 3.75. The summed E-state index contributed by atoms with van der Waals surface area (Å²) in [5.41, 5.74) is 11.1. The van der Waals surface area contributed by atoms with Crippen molar-refractivity contribution in [3.8, 4) is 11.5 Å². The smallest absolute Gasteiger partial charge is 0.128 e. The SMILES string of the molecule is Cc1ccc(Oc2ccc3nc(C)c(C)c(N)c3c2)cc1. The number of aryl methyl sites for hydroxylation is 2. The number of anilines is 1. The first-order valence-corrected chi connectivity index (χ1v) is 6.95. The lowest BCUT2D eigenvalue weighted by atomic mass is 10.1. The van der Waals surface area contributed by atoms with Gasteiger partial charge in [0.15, 0.2) is 0 Å². The largest absolute Gasteiger partial charge is 0.457 e. The van der Waals surface area contributed by atoms with E-state index in [0.29, 0.717) is 0 Å². The van der Waals surface area contributed by atoms with Gasteiger partial charge in [0.25, 0.3) is 0 Å². The fourth-order valence-electron chi connectivity index (χ4n) is 2.30. The Labute approximate surface area is 124 Å². The molecular weight excluding hydrogens is 260 g/mol. The number of ether oxygens (including phenoxy) is 1. The lowest BCUT2D eigenvalue weighted by molar-refractivity contribution is 0.483. The van der Waals surface area contributed by atoms with Crippen LogP contribution in [0.4, 0.5) is 5.69 Å². The van der Waals surface area contributed by atoms with Gasteiger partial charge in [0.1, 0.15) is 11.5 Å². The Morgan fingerprint density at radius 3 is 2.29 bits per heavy atom. The van der Waals surface area contributed by atoms with E-state index in [2.05, 4.69) is 11.9 Å². The Kier molecular flexibility index (Phi) is 3.26. The van der Waals surface area contributed by atoms with E-state index in [9.17, 15) is 0 Å². The number of benzene rings is 2. The summed E-state index contributed by atoms with van der Waals surface area (Å²) < 4.78 is 5.88. The monoisotopic (exact) mass is 278 g/mol. The molecule has 0 atom stereocenters. The highest BCUT2D eigenvalue weighted by Crippen LogP contribution is 2.30. The molecule has 1 aromatic heterocycles. The van der Waals surface area contributed by atoms with Crippen LogP contribution in [0.2, 0.25) is 0 Å². The molecular formula is C18H18N2O. The van der Waals surface area contributed by atoms with E-state index in [1.807, 2.05) is 56.3 Å². The van der Waals surface area contributed by atoms with Crippen LogP contribution in [0.25, 0.3) is 10.9 Å². The van der Waals surface area contributed by atoms with Gasteiger partial charge in [-0.25, -0.2) is 0 Å². The van der Waals surface area contributed by atoms with Crippen molar-refractivity contribution in [3.05, 3.63) is 59.3 Å². The average Bonchev–Trinajstić information content (AvgIpc) is 2.48. The van der Waals surface area contributed by atoms with Gasteiger partial charge in [-0.05, 0) is 56.7 Å². The first-order valence-electron chi connectivity index (χ1n) is 6.95. The normalized spacial score (nSPS) is 10.8. The Hall–Kier alpha value is -2.55. The molecule has 0 aliphatic heterocycles. The van der Waals surface area contributed by atoms with Gasteiger partial charge in [0, 0.05) is 16.8 Å². The number of aromatic nitrogens is 1. The van der Waals surface area contributed by atoms with Crippen LogP contribution in [0.3, 0.4) is 0 Å². The molecule has 0 radical (unpaired) electrons. The predicted molar refractivity (Wildman–Crippen MR) is 86.9 cm³/mol. The van der Waals surface area contributed by atoms with Gasteiger partial charge in [-0.15, -0.1) is 0 Å². The minimum Gasteiger partial charge on any atom is -0.457 e. The topological polar surface area (TPSA) is 48.1 Å². The first kappa shape index (κ1) is 13.4. The van der Waals surface area contributed by atoms with Gasteiger partial charge in [0.2, 0.25) is 0 Å². The molecule has 0 saturated carbocycles. The second kappa shape index (κ2) is 5.09. The van der Waals surface area contributed by atoms with Crippen molar-refractivity contribution < 1.29 is 4.74 Å².